The maximum atomic E-state index is 13.0. The number of nitro benzene ring substituents is 1. The largest absolute Gasteiger partial charge is 0.497 e. The van der Waals surface area contributed by atoms with E-state index >= 15 is 0 Å². The zero-order valence-corrected chi connectivity index (χ0v) is 19.3. The molecule has 2 heterocycles. The molecule has 0 fully saturated rings. The molecule has 4 aromatic rings. The highest BCUT2D eigenvalue weighted by Crippen LogP contribution is 2.18. The third kappa shape index (κ3) is 4.67. The van der Waals surface area contributed by atoms with E-state index in [-0.39, 0.29) is 22.8 Å². The van der Waals surface area contributed by atoms with Crippen molar-refractivity contribution in [3.63, 3.8) is 0 Å². The van der Waals surface area contributed by atoms with E-state index in [2.05, 4.69) is 15.5 Å². The summed E-state index contributed by atoms with van der Waals surface area (Å²) in [6.07, 6.45) is 1.99. The van der Waals surface area contributed by atoms with E-state index in [4.69, 9.17) is 4.74 Å². The van der Waals surface area contributed by atoms with Crippen molar-refractivity contribution in [2.45, 2.75) is 13.0 Å². The predicted octanol–water partition coefficient (Wildman–Crippen LogP) is 2.04. The van der Waals surface area contributed by atoms with Crippen LogP contribution >= 0.6 is 0 Å². The van der Waals surface area contributed by atoms with Crippen LogP contribution in [-0.4, -0.2) is 36.9 Å². The average Bonchev–Trinajstić information content (AvgIpc) is 3.23. The molecule has 0 spiro atoms. The number of rotatable bonds is 8. The molecule has 35 heavy (non-hydrogen) atoms. The molecule has 180 valence electrons. The third-order valence-corrected chi connectivity index (χ3v) is 5.59. The highest BCUT2D eigenvalue weighted by molar-refractivity contribution is 5.81. The number of fused-ring (bicyclic) bond motifs is 1. The van der Waals surface area contributed by atoms with Gasteiger partial charge in [0.05, 0.1) is 18.2 Å². The van der Waals surface area contributed by atoms with Gasteiger partial charge in [-0.25, -0.2) is 10.2 Å². The van der Waals surface area contributed by atoms with Crippen LogP contribution in [0, 0.1) is 10.1 Å². The zero-order valence-electron chi connectivity index (χ0n) is 19.3. The van der Waals surface area contributed by atoms with Crippen molar-refractivity contribution in [1.29, 1.82) is 0 Å². The lowest BCUT2D eigenvalue weighted by molar-refractivity contribution is -0.384. The van der Waals surface area contributed by atoms with Crippen LogP contribution in [0.4, 0.5) is 11.6 Å². The Morgan fingerprint density at radius 1 is 1.14 bits per heavy atom. The summed E-state index contributed by atoms with van der Waals surface area (Å²) in [7, 11) is 4.55. The summed E-state index contributed by atoms with van der Waals surface area (Å²) in [5.74, 6) is 0.997. The normalized spacial score (nSPS) is 11.3. The van der Waals surface area contributed by atoms with Gasteiger partial charge in [0.1, 0.15) is 5.75 Å². The van der Waals surface area contributed by atoms with Gasteiger partial charge in [-0.1, -0.05) is 24.3 Å². The second kappa shape index (κ2) is 9.63. The average molecular weight is 477 g/mol. The van der Waals surface area contributed by atoms with Crippen LogP contribution < -0.4 is 21.4 Å². The molecule has 0 saturated carbocycles. The van der Waals surface area contributed by atoms with Crippen LogP contribution in [0.2, 0.25) is 0 Å². The summed E-state index contributed by atoms with van der Waals surface area (Å²) >= 11 is 0. The van der Waals surface area contributed by atoms with Crippen molar-refractivity contribution in [2.24, 2.45) is 19.2 Å². The molecule has 0 aliphatic carbocycles. The number of nitrogens with one attached hydrogen (secondary N) is 1. The third-order valence-electron chi connectivity index (χ3n) is 5.59. The number of non-ortho nitro benzene ring substituents is 1. The van der Waals surface area contributed by atoms with Crippen LogP contribution in [0.25, 0.3) is 11.2 Å². The van der Waals surface area contributed by atoms with Gasteiger partial charge < -0.3 is 9.30 Å². The first-order chi connectivity index (χ1) is 16.8. The quantitative estimate of drug-likeness (QED) is 0.233. The monoisotopic (exact) mass is 477 g/mol. The van der Waals surface area contributed by atoms with Crippen LogP contribution in [0.15, 0.2) is 63.2 Å². The minimum Gasteiger partial charge on any atom is -0.497 e. The van der Waals surface area contributed by atoms with Crippen molar-refractivity contribution in [2.75, 3.05) is 12.5 Å². The van der Waals surface area contributed by atoms with Gasteiger partial charge in [-0.3, -0.25) is 24.0 Å². The summed E-state index contributed by atoms with van der Waals surface area (Å²) in [6, 6.07) is 13.6. The molecule has 0 aliphatic rings. The molecular formula is C23H23N7O5. The van der Waals surface area contributed by atoms with E-state index in [9.17, 15) is 19.7 Å². The Morgan fingerprint density at radius 3 is 2.57 bits per heavy atom. The molecule has 12 heteroatoms. The smallest absolute Gasteiger partial charge is 0.332 e. The van der Waals surface area contributed by atoms with Crippen LogP contribution in [0.1, 0.15) is 11.1 Å². The molecule has 0 amide bonds. The summed E-state index contributed by atoms with van der Waals surface area (Å²) in [4.78, 5) is 40.3. The van der Waals surface area contributed by atoms with Crippen molar-refractivity contribution in [1.82, 2.24) is 18.7 Å². The molecular weight excluding hydrogens is 454 g/mol. The molecule has 2 aromatic heterocycles. The summed E-state index contributed by atoms with van der Waals surface area (Å²) in [6.45, 7) is 0.380. The van der Waals surface area contributed by atoms with Gasteiger partial charge in [0.15, 0.2) is 11.2 Å². The Morgan fingerprint density at radius 2 is 1.89 bits per heavy atom. The Bertz CT molecular complexity index is 1550. The van der Waals surface area contributed by atoms with Gasteiger partial charge in [-0.2, -0.15) is 10.1 Å². The Hall–Kier alpha value is -4.74. The van der Waals surface area contributed by atoms with Gasteiger partial charge in [-0.15, -0.1) is 0 Å². The number of ether oxygens (including phenoxy) is 1. The molecule has 4 rings (SSSR count). The fourth-order valence-corrected chi connectivity index (χ4v) is 3.67. The molecule has 12 nitrogen and oxygen atoms in total. The van der Waals surface area contributed by atoms with Crippen LogP contribution in [-0.2, 0) is 27.1 Å². The number of nitro groups is 1. The number of benzene rings is 2. The highest BCUT2D eigenvalue weighted by atomic mass is 16.6. The molecule has 0 unspecified atom stereocenters. The predicted molar refractivity (Wildman–Crippen MR) is 131 cm³/mol. The fraction of sp³-hybridized carbons (Fsp3) is 0.217. The number of nitrogens with zero attached hydrogens (tertiary/aromatic N) is 6. The molecule has 0 aliphatic heterocycles. The first kappa shape index (κ1) is 23.4. The van der Waals surface area contributed by atoms with Gasteiger partial charge in [-0.05, 0) is 24.1 Å². The van der Waals surface area contributed by atoms with Gasteiger partial charge in [0, 0.05) is 38.3 Å². The van der Waals surface area contributed by atoms with E-state index in [0.29, 0.717) is 18.5 Å². The maximum absolute atomic E-state index is 13.0. The lowest BCUT2D eigenvalue weighted by atomic mass is 10.1. The highest BCUT2D eigenvalue weighted by Gasteiger charge is 2.19. The fourth-order valence-electron chi connectivity index (χ4n) is 3.67. The number of imidazole rings is 1. The molecule has 0 saturated heterocycles. The van der Waals surface area contributed by atoms with Crippen molar-refractivity contribution in [3.05, 3.63) is 90.6 Å². The SMILES string of the molecule is COc1ccc(CCn2c(N/N=C/c3cccc([N+](=O)[O-])c3)nc3c2c(=O)n(C)c(=O)n3C)cc1. The molecule has 0 atom stereocenters. The number of hydrazone groups is 1. The first-order valence-corrected chi connectivity index (χ1v) is 10.6. The lowest BCUT2D eigenvalue weighted by Crippen LogP contribution is -2.37. The van der Waals surface area contributed by atoms with E-state index in [1.165, 1.54) is 30.0 Å². The summed E-state index contributed by atoms with van der Waals surface area (Å²) in [5, 5.41) is 15.2. The number of aryl methyl sites for hydroxylation is 3. The minimum atomic E-state index is -0.492. The van der Waals surface area contributed by atoms with Gasteiger partial charge in [0.2, 0.25) is 5.95 Å². The Labute approximate surface area is 198 Å². The number of hydrogen-bond acceptors (Lipinski definition) is 8. The van der Waals surface area contributed by atoms with Crippen molar-refractivity contribution < 1.29 is 9.66 Å². The van der Waals surface area contributed by atoms with Crippen molar-refractivity contribution in [3.8, 4) is 5.75 Å². The number of hydrogen-bond donors (Lipinski definition) is 1. The number of anilines is 1. The standard InChI is InChI=1S/C23H23N7O5/c1-27-20-19(21(31)28(2)23(27)32)29(12-11-15-7-9-18(35-3)10-8-15)22(25-20)26-24-14-16-5-4-6-17(13-16)30(33)34/h4-10,13-14H,11-12H2,1-3H3,(H,25,26)/b24-14+. The Balaban J connectivity index is 1.71. The van der Waals surface area contributed by atoms with E-state index in [0.717, 1.165) is 15.9 Å². The first-order valence-electron chi connectivity index (χ1n) is 10.6. The van der Waals surface area contributed by atoms with E-state index in [1.54, 1.807) is 30.9 Å². The van der Waals surface area contributed by atoms with Crippen LogP contribution in [0.3, 0.4) is 0 Å². The summed E-state index contributed by atoms with van der Waals surface area (Å²) < 4.78 is 9.20. The minimum absolute atomic E-state index is 0.0563. The van der Waals surface area contributed by atoms with E-state index < -0.39 is 16.2 Å². The van der Waals surface area contributed by atoms with E-state index in [1.807, 2.05) is 24.3 Å². The molecule has 0 bridgehead atoms. The maximum Gasteiger partial charge on any atom is 0.332 e. The molecule has 2 aromatic carbocycles. The summed E-state index contributed by atoms with van der Waals surface area (Å²) in [5.41, 5.74) is 3.80. The Kier molecular flexibility index (Phi) is 6.44. The van der Waals surface area contributed by atoms with Gasteiger partial charge >= 0.3 is 5.69 Å². The molecule has 0 radical (unpaired) electrons. The number of methoxy groups -OCH3 is 1. The molecule has 1 N–H and O–H groups in total. The van der Waals surface area contributed by atoms with Gasteiger partial charge in [0.25, 0.3) is 11.2 Å². The number of aromatic nitrogens is 4. The second-order valence-electron chi connectivity index (χ2n) is 7.79. The van der Waals surface area contributed by atoms with Crippen molar-refractivity contribution >= 4 is 29.0 Å². The van der Waals surface area contributed by atoms with Crippen LogP contribution in [0.5, 0.6) is 5.75 Å². The second-order valence-corrected chi connectivity index (χ2v) is 7.79. The lowest BCUT2D eigenvalue weighted by Gasteiger charge is -2.10. The zero-order chi connectivity index (χ0) is 25.1. The topological polar surface area (TPSA) is 139 Å².